The zero-order valence-electron chi connectivity index (χ0n) is 13.1. The average molecular weight is 271 g/mol. The summed E-state index contributed by atoms with van der Waals surface area (Å²) in [6, 6.07) is 9.77. The minimum absolute atomic E-state index is 0.543. The molecule has 1 unspecified atom stereocenters. The molecule has 2 aliphatic rings. The molecule has 0 bridgehead atoms. The molecule has 3 rings (SSSR count). The first-order valence-corrected chi connectivity index (χ1v) is 8.64. The van der Waals surface area contributed by atoms with Crippen LogP contribution in [0, 0.1) is 17.8 Å². The van der Waals surface area contributed by atoms with Gasteiger partial charge in [-0.25, -0.2) is 0 Å². The Bertz CT molecular complexity index is 402. The summed E-state index contributed by atoms with van der Waals surface area (Å²) < 4.78 is 0. The standard InChI is InChI=1S/C19H29N/c1-3-14-5-7-17(8-6-14)19(4-2)20-13-18(15-9-10-15)16-11-12-16/h5-8,15-16,18-20H,3-4,9-13H2,1-2H3. The summed E-state index contributed by atoms with van der Waals surface area (Å²) in [5, 5.41) is 3.87. The van der Waals surface area contributed by atoms with Crippen molar-refractivity contribution in [2.75, 3.05) is 6.54 Å². The predicted octanol–water partition coefficient (Wildman–Crippen LogP) is 4.73. The smallest absolute Gasteiger partial charge is 0.0317 e. The van der Waals surface area contributed by atoms with E-state index in [1.54, 1.807) is 0 Å². The third-order valence-corrected chi connectivity index (χ3v) is 5.25. The molecule has 20 heavy (non-hydrogen) atoms. The van der Waals surface area contributed by atoms with Crippen molar-refractivity contribution in [3.05, 3.63) is 35.4 Å². The third-order valence-electron chi connectivity index (χ3n) is 5.25. The fourth-order valence-electron chi connectivity index (χ4n) is 3.53. The SMILES string of the molecule is CCc1ccc(C(CC)NCC(C2CC2)C2CC2)cc1. The van der Waals surface area contributed by atoms with Gasteiger partial charge in [0.2, 0.25) is 0 Å². The fourth-order valence-corrected chi connectivity index (χ4v) is 3.53. The van der Waals surface area contributed by atoms with Crippen molar-refractivity contribution in [2.24, 2.45) is 17.8 Å². The second-order valence-electron chi connectivity index (χ2n) is 6.80. The van der Waals surface area contributed by atoms with Crippen molar-refractivity contribution in [2.45, 2.75) is 58.4 Å². The van der Waals surface area contributed by atoms with Crippen molar-refractivity contribution in [1.82, 2.24) is 5.32 Å². The van der Waals surface area contributed by atoms with Crippen molar-refractivity contribution < 1.29 is 0 Å². The molecule has 2 saturated carbocycles. The quantitative estimate of drug-likeness (QED) is 0.721. The molecule has 0 aromatic heterocycles. The van der Waals surface area contributed by atoms with E-state index in [0.717, 1.165) is 24.2 Å². The molecular weight excluding hydrogens is 242 g/mol. The van der Waals surface area contributed by atoms with Crippen LogP contribution in [-0.4, -0.2) is 6.54 Å². The van der Waals surface area contributed by atoms with E-state index in [4.69, 9.17) is 0 Å². The van der Waals surface area contributed by atoms with Crippen LogP contribution in [0.3, 0.4) is 0 Å². The van der Waals surface area contributed by atoms with Crippen LogP contribution < -0.4 is 5.32 Å². The summed E-state index contributed by atoms with van der Waals surface area (Å²) in [6.45, 7) is 5.76. The normalized spacial score (nSPS) is 20.4. The lowest BCUT2D eigenvalue weighted by molar-refractivity contribution is 0.353. The molecule has 2 aliphatic carbocycles. The number of nitrogens with one attached hydrogen (secondary N) is 1. The van der Waals surface area contributed by atoms with Gasteiger partial charge < -0.3 is 5.32 Å². The average Bonchev–Trinajstić information content (AvgIpc) is 3.38. The Hall–Kier alpha value is -0.820. The maximum absolute atomic E-state index is 3.87. The van der Waals surface area contributed by atoms with Gasteiger partial charge >= 0.3 is 0 Å². The van der Waals surface area contributed by atoms with Gasteiger partial charge in [-0.3, -0.25) is 0 Å². The molecule has 1 heteroatoms. The molecule has 110 valence electrons. The summed E-state index contributed by atoms with van der Waals surface area (Å²) in [5.74, 6) is 3.07. The number of aryl methyl sites for hydroxylation is 1. The minimum atomic E-state index is 0.543. The van der Waals surface area contributed by atoms with Gasteiger partial charge in [0.15, 0.2) is 0 Å². The Morgan fingerprint density at radius 2 is 1.60 bits per heavy atom. The molecule has 1 nitrogen and oxygen atoms in total. The van der Waals surface area contributed by atoms with Gasteiger partial charge in [0.05, 0.1) is 0 Å². The molecule has 2 fully saturated rings. The van der Waals surface area contributed by atoms with Crippen LogP contribution in [0.25, 0.3) is 0 Å². The topological polar surface area (TPSA) is 12.0 Å². The minimum Gasteiger partial charge on any atom is -0.310 e. The highest BCUT2D eigenvalue weighted by atomic mass is 14.9. The van der Waals surface area contributed by atoms with Crippen molar-refractivity contribution in [1.29, 1.82) is 0 Å². The van der Waals surface area contributed by atoms with Crippen molar-refractivity contribution >= 4 is 0 Å². The number of benzene rings is 1. The van der Waals surface area contributed by atoms with Crippen LogP contribution in [0.2, 0.25) is 0 Å². The Labute approximate surface area is 124 Å². The summed E-state index contributed by atoms with van der Waals surface area (Å²) in [6.07, 6.45) is 8.29. The molecule has 1 aromatic carbocycles. The summed E-state index contributed by atoms with van der Waals surface area (Å²) in [7, 11) is 0. The van der Waals surface area contributed by atoms with E-state index in [1.807, 2.05) is 0 Å². The Morgan fingerprint density at radius 3 is 2.05 bits per heavy atom. The van der Waals surface area contributed by atoms with E-state index in [0.29, 0.717) is 6.04 Å². The second kappa shape index (κ2) is 6.30. The van der Waals surface area contributed by atoms with Gasteiger partial charge in [0.1, 0.15) is 0 Å². The lowest BCUT2D eigenvalue weighted by atomic mass is 9.96. The molecule has 0 amide bonds. The highest BCUT2D eigenvalue weighted by Crippen LogP contribution is 2.49. The van der Waals surface area contributed by atoms with E-state index in [2.05, 4.69) is 43.4 Å². The van der Waals surface area contributed by atoms with E-state index >= 15 is 0 Å². The van der Waals surface area contributed by atoms with E-state index in [-0.39, 0.29) is 0 Å². The zero-order valence-corrected chi connectivity index (χ0v) is 13.1. The molecule has 0 spiro atoms. The largest absolute Gasteiger partial charge is 0.310 e. The van der Waals surface area contributed by atoms with Gasteiger partial charge in [-0.2, -0.15) is 0 Å². The third kappa shape index (κ3) is 3.44. The molecule has 1 aromatic rings. The number of hydrogen-bond acceptors (Lipinski definition) is 1. The lowest BCUT2D eigenvalue weighted by Crippen LogP contribution is -2.29. The maximum Gasteiger partial charge on any atom is 0.0317 e. The maximum atomic E-state index is 3.87. The molecule has 0 aliphatic heterocycles. The number of rotatable bonds is 8. The van der Waals surface area contributed by atoms with E-state index in [1.165, 1.54) is 49.8 Å². The molecule has 0 radical (unpaired) electrons. The highest BCUT2D eigenvalue weighted by molar-refractivity contribution is 5.25. The first-order chi connectivity index (χ1) is 9.81. The van der Waals surface area contributed by atoms with Gasteiger partial charge in [0.25, 0.3) is 0 Å². The van der Waals surface area contributed by atoms with Gasteiger partial charge in [0, 0.05) is 6.04 Å². The van der Waals surface area contributed by atoms with Crippen LogP contribution in [0.15, 0.2) is 24.3 Å². The van der Waals surface area contributed by atoms with Gasteiger partial charge in [-0.1, -0.05) is 38.1 Å². The molecule has 1 atom stereocenters. The summed E-state index contributed by atoms with van der Waals surface area (Å²) >= 11 is 0. The molecular formula is C19H29N. The molecule has 0 heterocycles. The Kier molecular flexibility index (Phi) is 4.45. The molecule has 0 saturated heterocycles. The van der Waals surface area contributed by atoms with Crippen LogP contribution in [0.1, 0.15) is 63.1 Å². The first-order valence-electron chi connectivity index (χ1n) is 8.64. The summed E-state index contributed by atoms with van der Waals surface area (Å²) in [5.41, 5.74) is 2.91. The van der Waals surface area contributed by atoms with Crippen LogP contribution in [0.5, 0.6) is 0 Å². The van der Waals surface area contributed by atoms with Crippen molar-refractivity contribution in [3.8, 4) is 0 Å². The van der Waals surface area contributed by atoms with Gasteiger partial charge in [-0.15, -0.1) is 0 Å². The zero-order chi connectivity index (χ0) is 13.9. The van der Waals surface area contributed by atoms with Gasteiger partial charge in [-0.05, 0) is 74.0 Å². The number of hydrogen-bond donors (Lipinski definition) is 1. The predicted molar refractivity (Wildman–Crippen MR) is 85.8 cm³/mol. The van der Waals surface area contributed by atoms with Crippen LogP contribution in [-0.2, 0) is 6.42 Å². The van der Waals surface area contributed by atoms with E-state index < -0.39 is 0 Å². The van der Waals surface area contributed by atoms with Crippen molar-refractivity contribution in [3.63, 3.8) is 0 Å². The van der Waals surface area contributed by atoms with Crippen LogP contribution >= 0.6 is 0 Å². The highest BCUT2D eigenvalue weighted by Gasteiger charge is 2.41. The van der Waals surface area contributed by atoms with E-state index in [9.17, 15) is 0 Å². The second-order valence-corrected chi connectivity index (χ2v) is 6.80. The van der Waals surface area contributed by atoms with Crippen LogP contribution in [0.4, 0.5) is 0 Å². The summed E-state index contributed by atoms with van der Waals surface area (Å²) in [4.78, 5) is 0. The fraction of sp³-hybridized carbons (Fsp3) is 0.684. The first kappa shape index (κ1) is 14.1. The Balaban J connectivity index is 1.57. The molecule has 1 N–H and O–H groups in total. The lowest BCUT2D eigenvalue weighted by Gasteiger charge is -2.22. The monoisotopic (exact) mass is 271 g/mol. The Morgan fingerprint density at radius 1 is 1.00 bits per heavy atom.